The van der Waals surface area contributed by atoms with Crippen LogP contribution in [0.5, 0.6) is 0 Å². The van der Waals surface area contributed by atoms with Gasteiger partial charge >= 0.3 is 0 Å². The molecule has 12 saturated carbocycles. The molecular weight excluding hydrogens is 1310 g/mol. The quantitative estimate of drug-likeness (QED) is 0.206. The number of rotatable bonds is 8. The summed E-state index contributed by atoms with van der Waals surface area (Å²) in [6.07, 6.45) is 12.6. The van der Waals surface area contributed by atoms with Gasteiger partial charge in [-0.15, -0.1) is 0 Å². The molecule has 0 aromatic carbocycles. The fourth-order valence-corrected chi connectivity index (χ4v) is 21.6. The van der Waals surface area contributed by atoms with Crippen molar-refractivity contribution in [3.8, 4) is 0 Å². The van der Waals surface area contributed by atoms with E-state index in [1.165, 1.54) is 128 Å². The molecule has 0 heterocycles. The van der Waals surface area contributed by atoms with E-state index in [9.17, 15) is 61.5 Å². The fraction of sp³-hybridized carbons (Fsp3) is 1.00. The van der Waals surface area contributed by atoms with Crippen LogP contribution in [-0.2, 0) is 0 Å². The van der Waals surface area contributed by atoms with Crippen LogP contribution < -0.4 is 0 Å². The molecule has 14 atom stereocenters. The first-order valence-electron chi connectivity index (χ1n) is 38.0. The first-order valence-corrected chi connectivity index (χ1v) is 38.0. The summed E-state index contributed by atoms with van der Waals surface area (Å²) in [6, 6.07) is 0. The van der Waals surface area contributed by atoms with Crippen molar-refractivity contribution in [2.75, 3.05) is 0 Å². The molecular formula is C76H146F14O8. The molecule has 12 aliphatic rings. The SMILES string of the molecule is CC1CCC(C2CCC(C3CC(F)C(F)C(F)C3)C(F)C2)CC1.CC1CCC(C2CCC(C3CC(F)C(F)C(F)C3)C(F)C2)CC1.CC1CCC(C2CCC(C3CC(F)C(F)C(F)C3)CC2)CC1.CC1CCC(C2CCC(C3CC(F)C(F)C(F)C3)CC2)CC1.O.O.O.O.O.O.O.O.[HH].[HH].[HH].[HH]. The van der Waals surface area contributed by atoms with Crippen molar-refractivity contribution in [2.24, 2.45) is 118 Å². The zero-order chi connectivity index (χ0) is 64.5. The monoisotopic (exact) mass is 1450 g/mol. The third-order valence-corrected chi connectivity index (χ3v) is 27.8. The lowest BCUT2D eigenvalue weighted by atomic mass is 9.64. The molecule has 14 unspecified atom stereocenters. The van der Waals surface area contributed by atoms with Crippen LogP contribution in [0.25, 0.3) is 0 Å². The predicted octanol–water partition coefficient (Wildman–Crippen LogP) is 18.5. The van der Waals surface area contributed by atoms with Crippen LogP contribution in [0.15, 0.2) is 0 Å². The Labute approximate surface area is 585 Å². The second-order valence-corrected chi connectivity index (χ2v) is 33.8. The molecule has 16 N–H and O–H groups in total. The second-order valence-electron chi connectivity index (χ2n) is 33.8. The van der Waals surface area contributed by atoms with E-state index in [0.29, 0.717) is 48.3 Å². The Hall–Kier alpha value is -1.30. The van der Waals surface area contributed by atoms with Crippen LogP contribution in [-0.4, -0.2) is 130 Å². The van der Waals surface area contributed by atoms with Gasteiger partial charge < -0.3 is 43.8 Å². The van der Waals surface area contributed by atoms with Crippen molar-refractivity contribution < 1.29 is 111 Å². The van der Waals surface area contributed by atoms with Gasteiger partial charge in [0.05, 0.1) is 0 Å². The van der Waals surface area contributed by atoms with Crippen LogP contribution in [0.2, 0.25) is 0 Å². The Balaban J connectivity index is -0.000000604. The van der Waals surface area contributed by atoms with E-state index >= 15 is 0 Å². The van der Waals surface area contributed by atoms with Crippen LogP contribution in [0, 0.1) is 118 Å². The van der Waals surface area contributed by atoms with Crippen molar-refractivity contribution in [1.29, 1.82) is 0 Å². The highest BCUT2D eigenvalue weighted by Crippen LogP contribution is 2.52. The Morgan fingerprint density at radius 3 is 0.469 bits per heavy atom. The maximum Gasteiger partial charge on any atom is 0.162 e. The summed E-state index contributed by atoms with van der Waals surface area (Å²) in [5.74, 6) is 8.81. The van der Waals surface area contributed by atoms with Crippen LogP contribution in [0.4, 0.5) is 61.5 Å². The highest BCUT2D eigenvalue weighted by Gasteiger charge is 2.49. The van der Waals surface area contributed by atoms with Crippen LogP contribution in [0.3, 0.4) is 0 Å². The van der Waals surface area contributed by atoms with Gasteiger partial charge in [0.25, 0.3) is 0 Å². The van der Waals surface area contributed by atoms with Gasteiger partial charge in [-0.25, -0.2) is 61.5 Å². The summed E-state index contributed by atoms with van der Waals surface area (Å²) < 4.78 is 192. The molecule has 0 amide bonds. The number of hydrogen-bond donors (Lipinski definition) is 0. The molecule has 0 aromatic heterocycles. The lowest BCUT2D eigenvalue weighted by Gasteiger charge is -2.43. The first kappa shape index (κ1) is 94.7. The van der Waals surface area contributed by atoms with Crippen molar-refractivity contribution in [1.82, 2.24) is 0 Å². The van der Waals surface area contributed by atoms with Crippen molar-refractivity contribution in [3.05, 3.63) is 0 Å². The van der Waals surface area contributed by atoms with E-state index < -0.39 is 86.4 Å². The third kappa shape index (κ3) is 25.5. The Kier molecular flexibility index (Phi) is 43.1. The Morgan fingerprint density at radius 2 is 0.286 bits per heavy atom. The lowest BCUT2D eigenvalue weighted by Crippen LogP contribution is -2.43. The molecule has 12 aliphatic carbocycles. The summed E-state index contributed by atoms with van der Waals surface area (Å²) in [5.41, 5.74) is 0. The molecule has 12 rings (SSSR count). The minimum atomic E-state index is -2.01. The topological polar surface area (TPSA) is 252 Å². The average Bonchev–Trinajstić information content (AvgIpc) is 0.818. The smallest absolute Gasteiger partial charge is 0.162 e. The predicted molar refractivity (Wildman–Crippen MR) is 374 cm³/mol. The van der Waals surface area contributed by atoms with Gasteiger partial charge in [-0.2, -0.15) is 0 Å². The van der Waals surface area contributed by atoms with E-state index in [0.717, 1.165) is 98.7 Å². The van der Waals surface area contributed by atoms with E-state index in [1.807, 2.05) is 0 Å². The van der Waals surface area contributed by atoms with Crippen molar-refractivity contribution >= 4 is 0 Å². The minimum absolute atomic E-state index is 0. The van der Waals surface area contributed by atoms with Crippen molar-refractivity contribution in [3.63, 3.8) is 0 Å². The molecule has 0 radical (unpaired) electrons. The molecule has 0 aliphatic heterocycles. The Bertz CT molecular complexity index is 1880. The fourth-order valence-electron chi connectivity index (χ4n) is 21.6. The van der Waals surface area contributed by atoms with Gasteiger partial charge in [0, 0.05) is 5.71 Å². The van der Waals surface area contributed by atoms with Gasteiger partial charge in [-0.05, 0) is 311 Å². The zero-order valence-corrected chi connectivity index (χ0v) is 59.8. The molecule has 22 heteroatoms. The van der Waals surface area contributed by atoms with Crippen LogP contribution in [0.1, 0.15) is 277 Å². The van der Waals surface area contributed by atoms with Crippen molar-refractivity contribution in [2.45, 2.75) is 358 Å². The molecule has 0 spiro atoms. The van der Waals surface area contributed by atoms with Gasteiger partial charge in [-0.3, -0.25) is 0 Å². The van der Waals surface area contributed by atoms with Gasteiger partial charge in [0.1, 0.15) is 61.7 Å². The third-order valence-electron chi connectivity index (χ3n) is 27.8. The maximum absolute atomic E-state index is 14.7. The van der Waals surface area contributed by atoms with E-state index in [2.05, 4.69) is 27.7 Å². The molecule has 0 aromatic rings. The number of hydrogen-bond acceptors (Lipinski definition) is 0. The first-order chi connectivity index (χ1) is 43.0. The highest BCUT2D eigenvalue weighted by atomic mass is 19.2. The summed E-state index contributed by atoms with van der Waals surface area (Å²) in [6.45, 7) is 9.28. The van der Waals surface area contributed by atoms with E-state index in [-0.39, 0.29) is 136 Å². The van der Waals surface area contributed by atoms with Gasteiger partial charge in [0.15, 0.2) is 24.7 Å². The molecule has 596 valence electrons. The number of alkyl halides is 14. The summed E-state index contributed by atoms with van der Waals surface area (Å²) >= 11 is 0. The minimum Gasteiger partial charge on any atom is -0.412 e. The largest absolute Gasteiger partial charge is 0.412 e. The molecule has 12 fully saturated rings. The average molecular weight is 1450 g/mol. The number of halogens is 14. The molecule has 8 nitrogen and oxygen atoms in total. The summed E-state index contributed by atoms with van der Waals surface area (Å²) in [7, 11) is 0. The molecule has 0 bridgehead atoms. The maximum atomic E-state index is 14.7. The standard InChI is InChI=1S/2C19H30F4.2C19H31F3.8H2O.4H2/c2*1-11-2-4-12(5-3-11)13-6-7-15(16(20)8-13)14-9-17(21)19(23)18(22)10-14;2*1-12-2-4-13(5-3-12)14-6-8-15(9-7-14)16-10-17(20)19(22)18(21)11-16;;;;;;;;;;;;/h2*11-19H,2-10H2,1H3;2*12-19H,2-11H2,1H3;8*1H2;4*1H. The summed E-state index contributed by atoms with van der Waals surface area (Å²) in [5, 5.41) is 0. The zero-order valence-electron chi connectivity index (χ0n) is 59.8. The molecule has 0 saturated heterocycles. The normalized spacial score (nSPS) is 47.3. The van der Waals surface area contributed by atoms with Gasteiger partial charge in [-0.1, -0.05) is 79.1 Å². The Morgan fingerprint density at radius 1 is 0.153 bits per heavy atom. The highest BCUT2D eigenvalue weighted by molar-refractivity contribution is 4.98. The van der Waals surface area contributed by atoms with E-state index in [1.54, 1.807) is 0 Å². The van der Waals surface area contributed by atoms with E-state index in [4.69, 9.17) is 0 Å². The lowest BCUT2D eigenvalue weighted by molar-refractivity contribution is -0.0287. The second kappa shape index (κ2) is 44.6. The van der Waals surface area contributed by atoms with Gasteiger partial charge in [0.2, 0.25) is 0 Å². The summed E-state index contributed by atoms with van der Waals surface area (Å²) in [4.78, 5) is 0. The van der Waals surface area contributed by atoms with Crippen LogP contribution >= 0.6 is 0 Å². The molecule has 98 heavy (non-hydrogen) atoms.